The fourth-order valence-electron chi connectivity index (χ4n) is 1.12. The third kappa shape index (κ3) is 2.71. The van der Waals surface area contributed by atoms with Gasteiger partial charge in [0.25, 0.3) is 0 Å². The summed E-state index contributed by atoms with van der Waals surface area (Å²) in [6.45, 7) is 1.67. The SMILES string of the molecule is CCC(C#N)S(=O)(=O)NCc1cn[nH]c1N. The molecule has 7 nitrogen and oxygen atoms in total. The summed E-state index contributed by atoms with van der Waals surface area (Å²) in [6, 6.07) is 1.73. The molecule has 0 bridgehead atoms. The number of aromatic amines is 1. The minimum atomic E-state index is -3.62. The smallest absolute Gasteiger partial charge is 0.228 e. The molecule has 0 fully saturated rings. The van der Waals surface area contributed by atoms with Gasteiger partial charge in [-0.05, 0) is 6.42 Å². The summed E-state index contributed by atoms with van der Waals surface area (Å²) in [7, 11) is -3.62. The molecule has 1 atom stereocenters. The van der Waals surface area contributed by atoms with Crippen molar-refractivity contribution in [2.24, 2.45) is 0 Å². The van der Waals surface area contributed by atoms with Crippen LogP contribution in [-0.4, -0.2) is 23.9 Å². The molecule has 1 aromatic rings. The average Bonchev–Trinajstić information content (AvgIpc) is 2.62. The summed E-state index contributed by atoms with van der Waals surface area (Å²) in [6.07, 6.45) is 1.68. The Kier molecular flexibility index (Phi) is 3.87. The molecule has 1 rings (SSSR count). The van der Waals surface area contributed by atoms with Crippen molar-refractivity contribution in [2.45, 2.75) is 25.1 Å². The van der Waals surface area contributed by atoms with E-state index >= 15 is 0 Å². The van der Waals surface area contributed by atoms with Gasteiger partial charge in [-0.15, -0.1) is 0 Å². The van der Waals surface area contributed by atoms with Crippen molar-refractivity contribution in [3.8, 4) is 6.07 Å². The summed E-state index contributed by atoms with van der Waals surface area (Å²) in [5.41, 5.74) is 6.05. The largest absolute Gasteiger partial charge is 0.384 e. The number of nitrogens with one attached hydrogen (secondary N) is 2. The lowest BCUT2D eigenvalue weighted by Gasteiger charge is -2.09. The van der Waals surface area contributed by atoms with E-state index in [1.807, 2.05) is 0 Å². The maximum Gasteiger partial charge on any atom is 0.228 e. The zero-order chi connectivity index (χ0) is 12.2. The first kappa shape index (κ1) is 12.5. The molecule has 8 heteroatoms. The van der Waals surface area contributed by atoms with Gasteiger partial charge in [0.2, 0.25) is 10.0 Å². The number of aromatic nitrogens is 2. The first-order valence-electron chi connectivity index (χ1n) is 4.67. The van der Waals surface area contributed by atoms with Crippen molar-refractivity contribution in [1.29, 1.82) is 5.26 Å². The molecule has 0 aliphatic rings. The van der Waals surface area contributed by atoms with Gasteiger partial charge in [-0.3, -0.25) is 5.10 Å². The fraction of sp³-hybridized carbons (Fsp3) is 0.500. The Morgan fingerprint density at radius 3 is 2.88 bits per heavy atom. The van der Waals surface area contributed by atoms with E-state index in [1.165, 1.54) is 6.20 Å². The lowest BCUT2D eigenvalue weighted by Crippen LogP contribution is -2.32. The normalized spacial score (nSPS) is 13.2. The topological polar surface area (TPSA) is 125 Å². The van der Waals surface area contributed by atoms with Crippen LogP contribution < -0.4 is 10.5 Å². The standard InChI is InChI=1S/C8H13N5O2S/c1-2-7(3-9)16(14,15)12-5-6-4-11-13-8(6)10/h4,7,12H,2,5H2,1H3,(H3,10,11,13). The van der Waals surface area contributed by atoms with Gasteiger partial charge in [-0.25, -0.2) is 13.1 Å². The highest BCUT2D eigenvalue weighted by molar-refractivity contribution is 7.90. The maximum absolute atomic E-state index is 11.6. The number of nitrogen functional groups attached to an aromatic ring is 1. The van der Waals surface area contributed by atoms with Gasteiger partial charge in [-0.1, -0.05) is 6.92 Å². The van der Waals surface area contributed by atoms with Crippen LogP contribution in [0.5, 0.6) is 0 Å². The van der Waals surface area contributed by atoms with Crippen molar-refractivity contribution in [3.63, 3.8) is 0 Å². The molecule has 0 aromatic carbocycles. The van der Waals surface area contributed by atoms with Gasteiger partial charge in [0.1, 0.15) is 5.82 Å². The first-order chi connectivity index (χ1) is 7.51. The van der Waals surface area contributed by atoms with Crippen molar-refractivity contribution < 1.29 is 8.42 Å². The van der Waals surface area contributed by atoms with Gasteiger partial charge >= 0.3 is 0 Å². The molecular formula is C8H13N5O2S. The number of sulfonamides is 1. The van der Waals surface area contributed by atoms with Crippen molar-refractivity contribution in [3.05, 3.63) is 11.8 Å². The van der Waals surface area contributed by atoms with Gasteiger partial charge < -0.3 is 5.73 Å². The molecular weight excluding hydrogens is 230 g/mol. The lowest BCUT2D eigenvalue weighted by atomic mass is 10.3. The number of H-pyrrole nitrogens is 1. The minimum Gasteiger partial charge on any atom is -0.384 e. The zero-order valence-corrected chi connectivity index (χ0v) is 9.58. The Labute approximate surface area is 93.7 Å². The van der Waals surface area contributed by atoms with E-state index < -0.39 is 15.3 Å². The van der Waals surface area contributed by atoms with Crippen LogP contribution in [0.1, 0.15) is 18.9 Å². The van der Waals surface area contributed by atoms with Crippen LogP contribution in [0, 0.1) is 11.3 Å². The van der Waals surface area contributed by atoms with Crippen LogP contribution in [0.25, 0.3) is 0 Å². The van der Waals surface area contributed by atoms with Crippen molar-refractivity contribution >= 4 is 15.8 Å². The van der Waals surface area contributed by atoms with E-state index in [1.54, 1.807) is 13.0 Å². The van der Waals surface area contributed by atoms with Gasteiger partial charge in [0.05, 0.1) is 12.3 Å². The molecule has 0 spiro atoms. The van der Waals surface area contributed by atoms with E-state index in [4.69, 9.17) is 11.0 Å². The highest BCUT2D eigenvalue weighted by Crippen LogP contribution is 2.08. The molecule has 1 heterocycles. The average molecular weight is 243 g/mol. The van der Waals surface area contributed by atoms with Crippen molar-refractivity contribution in [2.75, 3.05) is 5.73 Å². The molecule has 0 amide bonds. The third-order valence-electron chi connectivity index (χ3n) is 2.10. The van der Waals surface area contributed by atoms with Crippen LogP contribution >= 0.6 is 0 Å². The second-order valence-corrected chi connectivity index (χ2v) is 5.15. The van der Waals surface area contributed by atoms with E-state index in [9.17, 15) is 8.42 Å². The van der Waals surface area contributed by atoms with Gasteiger partial charge in [0.15, 0.2) is 5.25 Å². The Morgan fingerprint density at radius 2 is 2.44 bits per heavy atom. The molecule has 0 saturated heterocycles. The fourth-order valence-corrected chi connectivity index (χ4v) is 2.26. The molecule has 0 radical (unpaired) electrons. The number of hydrogen-bond acceptors (Lipinski definition) is 5. The quantitative estimate of drug-likeness (QED) is 0.655. The molecule has 0 aliphatic carbocycles. The summed E-state index contributed by atoms with van der Waals surface area (Å²) in [5.74, 6) is 0.313. The number of anilines is 1. The predicted octanol–water partition coefficient (Wildman–Crippen LogP) is -0.287. The highest BCUT2D eigenvalue weighted by Gasteiger charge is 2.23. The number of rotatable bonds is 5. The Bertz CT molecular complexity index is 487. The molecule has 0 saturated carbocycles. The van der Waals surface area contributed by atoms with E-state index in [-0.39, 0.29) is 13.0 Å². The summed E-state index contributed by atoms with van der Waals surface area (Å²) in [5, 5.41) is 13.8. The third-order valence-corrected chi connectivity index (χ3v) is 3.84. The number of hydrogen-bond donors (Lipinski definition) is 3. The highest BCUT2D eigenvalue weighted by atomic mass is 32.2. The summed E-state index contributed by atoms with van der Waals surface area (Å²) in [4.78, 5) is 0. The molecule has 1 unspecified atom stereocenters. The zero-order valence-electron chi connectivity index (χ0n) is 8.77. The Morgan fingerprint density at radius 1 is 1.75 bits per heavy atom. The van der Waals surface area contributed by atoms with E-state index in [0.717, 1.165) is 0 Å². The number of nitrogens with two attached hydrogens (primary N) is 1. The van der Waals surface area contributed by atoms with Gasteiger partial charge in [-0.2, -0.15) is 10.4 Å². The van der Waals surface area contributed by atoms with Crippen LogP contribution in [0.15, 0.2) is 6.20 Å². The predicted molar refractivity (Wildman–Crippen MR) is 58.5 cm³/mol. The summed E-state index contributed by atoms with van der Waals surface area (Å²) >= 11 is 0. The first-order valence-corrected chi connectivity index (χ1v) is 6.21. The van der Waals surface area contributed by atoms with Crippen LogP contribution in [0.2, 0.25) is 0 Å². The number of nitriles is 1. The van der Waals surface area contributed by atoms with Crippen LogP contribution in [-0.2, 0) is 16.6 Å². The number of nitrogens with zero attached hydrogens (tertiary/aromatic N) is 2. The summed E-state index contributed by atoms with van der Waals surface area (Å²) < 4.78 is 25.5. The molecule has 4 N–H and O–H groups in total. The lowest BCUT2D eigenvalue weighted by molar-refractivity contribution is 0.572. The molecule has 88 valence electrons. The van der Waals surface area contributed by atoms with E-state index in [0.29, 0.717) is 11.4 Å². The van der Waals surface area contributed by atoms with E-state index in [2.05, 4.69) is 14.9 Å². The van der Waals surface area contributed by atoms with Crippen molar-refractivity contribution in [1.82, 2.24) is 14.9 Å². The Balaban J connectivity index is 2.69. The maximum atomic E-state index is 11.6. The molecule has 1 aromatic heterocycles. The van der Waals surface area contributed by atoms with Gasteiger partial charge in [0, 0.05) is 12.1 Å². The molecule has 16 heavy (non-hydrogen) atoms. The van der Waals surface area contributed by atoms with Crippen LogP contribution in [0.3, 0.4) is 0 Å². The minimum absolute atomic E-state index is 0.0306. The second kappa shape index (κ2) is 4.96. The second-order valence-electron chi connectivity index (χ2n) is 3.20. The molecule has 0 aliphatic heterocycles. The van der Waals surface area contributed by atoms with Crippen LogP contribution in [0.4, 0.5) is 5.82 Å². The Hall–Kier alpha value is -1.59. The monoisotopic (exact) mass is 243 g/mol.